The van der Waals surface area contributed by atoms with Crippen molar-refractivity contribution in [1.29, 1.82) is 0 Å². The zero-order valence-electron chi connectivity index (χ0n) is 14.1. The van der Waals surface area contributed by atoms with Crippen LogP contribution >= 0.6 is 0 Å². The molecule has 0 fully saturated rings. The molecule has 1 rings (SSSR count). The summed E-state index contributed by atoms with van der Waals surface area (Å²) in [5.74, 6) is 2.36. The first kappa shape index (κ1) is 17.7. The first-order valence-corrected chi connectivity index (χ1v) is 7.97. The molecule has 0 saturated carbocycles. The molecular weight excluding hydrogens is 264 g/mol. The van der Waals surface area contributed by atoms with Crippen LogP contribution in [0, 0.1) is 5.92 Å². The fourth-order valence-electron chi connectivity index (χ4n) is 2.18. The van der Waals surface area contributed by atoms with Crippen molar-refractivity contribution in [2.24, 2.45) is 5.92 Å². The van der Waals surface area contributed by atoms with Crippen LogP contribution < -0.4 is 10.6 Å². The Balaban J connectivity index is 2.97. The lowest BCUT2D eigenvalue weighted by Crippen LogP contribution is -2.31. The van der Waals surface area contributed by atoms with E-state index in [1.165, 1.54) is 5.56 Å². The van der Waals surface area contributed by atoms with E-state index in [0.29, 0.717) is 12.5 Å². The summed E-state index contributed by atoms with van der Waals surface area (Å²) >= 11 is 0. The third kappa shape index (κ3) is 5.50. The van der Waals surface area contributed by atoms with E-state index >= 15 is 0 Å². The van der Waals surface area contributed by atoms with Gasteiger partial charge in [0.25, 0.3) is 0 Å². The molecule has 1 heterocycles. The van der Waals surface area contributed by atoms with Crippen LogP contribution in [0.5, 0.6) is 0 Å². The summed E-state index contributed by atoms with van der Waals surface area (Å²) in [6.07, 6.45) is 4.74. The Kier molecular flexibility index (Phi) is 8.05. The Bertz CT molecular complexity index is 409. The van der Waals surface area contributed by atoms with Crippen LogP contribution in [0.1, 0.15) is 46.1 Å². The zero-order chi connectivity index (χ0) is 15.7. The van der Waals surface area contributed by atoms with E-state index in [2.05, 4.69) is 48.3 Å². The molecule has 120 valence electrons. The molecule has 1 aromatic heterocycles. The van der Waals surface area contributed by atoms with Crippen LogP contribution in [0.15, 0.2) is 6.33 Å². The second kappa shape index (κ2) is 9.55. The van der Waals surface area contributed by atoms with Crippen LogP contribution in [0.4, 0.5) is 11.6 Å². The van der Waals surface area contributed by atoms with Crippen molar-refractivity contribution in [3.8, 4) is 0 Å². The third-order valence-corrected chi connectivity index (χ3v) is 3.46. The highest BCUT2D eigenvalue weighted by Gasteiger charge is 2.17. The molecule has 0 aliphatic rings. The molecule has 0 aliphatic heterocycles. The number of rotatable bonds is 10. The van der Waals surface area contributed by atoms with Gasteiger partial charge in [0.05, 0.1) is 12.6 Å². The molecule has 0 aliphatic carbocycles. The van der Waals surface area contributed by atoms with Gasteiger partial charge in [0.2, 0.25) is 0 Å². The maximum absolute atomic E-state index is 5.31. The van der Waals surface area contributed by atoms with Gasteiger partial charge in [-0.05, 0) is 18.8 Å². The molecule has 5 nitrogen and oxygen atoms in total. The minimum absolute atomic E-state index is 0.250. The summed E-state index contributed by atoms with van der Waals surface area (Å²) in [6, 6.07) is 0.250. The highest BCUT2D eigenvalue weighted by molar-refractivity contribution is 5.57. The number of aromatic nitrogens is 2. The number of nitrogens with zero attached hydrogens (tertiary/aromatic N) is 2. The molecule has 1 aromatic rings. The number of methoxy groups -OCH3 is 1. The van der Waals surface area contributed by atoms with Crippen molar-refractivity contribution in [3.05, 3.63) is 11.9 Å². The van der Waals surface area contributed by atoms with Crippen LogP contribution in [0.2, 0.25) is 0 Å². The molecule has 0 bridgehead atoms. The Morgan fingerprint density at radius 2 is 1.86 bits per heavy atom. The smallest absolute Gasteiger partial charge is 0.135 e. The molecule has 0 radical (unpaired) electrons. The van der Waals surface area contributed by atoms with Gasteiger partial charge in [-0.2, -0.15) is 0 Å². The summed E-state index contributed by atoms with van der Waals surface area (Å²) in [5, 5.41) is 6.93. The third-order valence-electron chi connectivity index (χ3n) is 3.46. The Labute approximate surface area is 128 Å². The van der Waals surface area contributed by atoms with Crippen molar-refractivity contribution in [2.75, 3.05) is 30.9 Å². The summed E-state index contributed by atoms with van der Waals surface area (Å²) in [6.45, 7) is 10.3. The van der Waals surface area contributed by atoms with Crippen molar-refractivity contribution >= 4 is 11.6 Å². The summed E-state index contributed by atoms with van der Waals surface area (Å²) in [4.78, 5) is 8.85. The van der Waals surface area contributed by atoms with Crippen LogP contribution in [0.25, 0.3) is 0 Å². The average Bonchev–Trinajstić information content (AvgIpc) is 2.47. The number of nitrogens with one attached hydrogen (secondary N) is 2. The number of hydrogen-bond donors (Lipinski definition) is 2. The monoisotopic (exact) mass is 294 g/mol. The second-order valence-electron chi connectivity index (χ2n) is 5.68. The van der Waals surface area contributed by atoms with E-state index in [0.717, 1.165) is 37.4 Å². The van der Waals surface area contributed by atoms with E-state index in [-0.39, 0.29) is 6.04 Å². The van der Waals surface area contributed by atoms with Crippen LogP contribution in [-0.4, -0.2) is 36.3 Å². The van der Waals surface area contributed by atoms with Crippen molar-refractivity contribution in [1.82, 2.24) is 9.97 Å². The SMILES string of the molecule is CCCNc1ncnc(NC(COC)C(C)C)c1CCC. The van der Waals surface area contributed by atoms with Gasteiger partial charge in [0.1, 0.15) is 18.0 Å². The van der Waals surface area contributed by atoms with Crippen LogP contribution in [-0.2, 0) is 11.2 Å². The van der Waals surface area contributed by atoms with Gasteiger partial charge in [0.15, 0.2) is 0 Å². The second-order valence-corrected chi connectivity index (χ2v) is 5.68. The lowest BCUT2D eigenvalue weighted by Gasteiger charge is -2.24. The topological polar surface area (TPSA) is 59.1 Å². The molecule has 0 aromatic carbocycles. The van der Waals surface area contributed by atoms with E-state index in [4.69, 9.17) is 4.74 Å². The zero-order valence-corrected chi connectivity index (χ0v) is 14.1. The Hall–Kier alpha value is -1.36. The fraction of sp³-hybridized carbons (Fsp3) is 0.750. The molecule has 21 heavy (non-hydrogen) atoms. The van der Waals surface area contributed by atoms with Crippen molar-refractivity contribution in [3.63, 3.8) is 0 Å². The Morgan fingerprint density at radius 1 is 1.14 bits per heavy atom. The van der Waals surface area contributed by atoms with E-state index in [9.17, 15) is 0 Å². The normalized spacial score (nSPS) is 12.5. The van der Waals surface area contributed by atoms with E-state index in [1.54, 1.807) is 13.4 Å². The van der Waals surface area contributed by atoms with Gasteiger partial charge in [-0.3, -0.25) is 0 Å². The summed E-state index contributed by atoms with van der Waals surface area (Å²) < 4.78 is 5.31. The molecular formula is C16H30N4O. The molecule has 1 atom stereocenters. The Morgan fingerprint density at radius 3 is 2.43 bits per heavy atom. The largest absolute Gasteiger partial charge is 0.383 e. The summed E-state index contributed by atoms with van der Waals surface area (Å²) in [7, 11) is 1.73. The highest BCUT2D eigenvalue weighted by atomic mass is 16.5. The summed E-state index contributed by atoms with van der Waals surface area (Å²) in [5.41, 5.74) is 1.18. The first-order valence-electron chi connectivity index (χ1n) is 7.97. The maximum atomic E-state index is 5.31. The van der Waals surface area contributed by atoms with E-state index < -0.39 is 0 Å². The predicted molar refractivity (Wildman–Crippen MR) is 88.9 cm³/mol. The maximum Gasteiger partial charge on any atom is 0.135 e. The van der Waals surface area contributed by atoms with Gasteiger partial charge < -0.3 is 15.4 Å². The molecule has 5 heteroatoms. The first-order chi connectivity index (χ1) is 10.1. The molecule has 0 saturated heterocycles. The number of ether oxygens (including phenoxy) is 1. The quantitative estimate of drug-likeness (QED) is 0.693. The van der Waals surface area contributed by atoms with Gasteiger partial charge in [-0.1, -0.05) is 34.1 Å². The minimum atomic E-state index is 0.250. The number of anilines is 2. The average molecular weight is 294 g/mol. The standard InChI is InChI=1S/C16H30N4O/c1-6-8-13-15(17-9-7-2)18-11-19-16(13)20-14(10-21-5)12(3)4/h11-12,14H,6-10H2,1-5H3,(H2,17,18,19,20). The fourth-order valence-corrected chi connectivity index (χ4v) is 2.18. The predicted octanol–water partition coefficient (Wildman–Crippen LogP) is 3.33. The lowest BCUT2D eigenvalue weighted by atomic mass is 10.0. The molecule has 2 N–H and O–H groups in total. The minimum Gasteiger partial charge on any atom is -0.383 e. The van der Waals surface area contributed by atoms with Gasteiger partial charge >= 0.3 is 0 Å². The van der Waals surface area contributed by atoms with E-state index in [1.807, 2.05) is 0 Å². The molecule has 0 amide bonds. The van der Waals surface area contributed by atoms with Gasteiger partial charge in [-0.15, -0.1) is 0 Å². The van der Waals surface area contributed by atoms with Gasteiger partial charge in [-0.25, -0.2) is 9.97 Å². The van der Waals surface area contributed by atoms with Crippen LogP contribution in [0.3, 0.4) is 0 Å². The van der Waals surface area contributed by atoms with Crippen molar-refractivity contribution in [2.45, 2.75) is 53.0 Å². The van der Waals surface area contributed by atoms with Crippen molar-refractivity contribution < 1.29 is 4.74 Å². The van der Waals surface area contributed by atoms with Gasteiger partial charge in [0, 0.05) is 19.2 Å². The highest BCUT2D eigenvalue weighted by Crippen LogP contribution is 2.23. The molecule has 0 spiro atoms. The lowest BCUT2D eigenvalue weighted by molar-refractivity contribution is 0.171. The molecule has 1 unspecified atom stereocenters. The number of hydrogen-bond acceptors (Lipinski definition) is 5.